The van der Waals surface area contributed by atoms with E-state index in [0.717, 1.165) is 75.3 Å². The first-order valence-electron chi connectivity index (χ1n) is 15.7. The number of hydrogen-bond donors (Lipinski definition) is 1. The van der Waals surface area contributed by atoms with Gasteiger partial charge in [0.15, 0.2) is 11.5 Å². The van der Waals surface area contributed by atoms with Gasteiger partial charge in [-0.2, -0.15) is 0 Å². The molecule has 218 valence electrons. The van der Waals surface area contributed by atoms with Crippen molar-refractivity contribution in [3.63, 3.8) is 0 Å². The number of hydrogen-bond acceptors (Lipinski definition) is 6. The first kappa shape index (κ1) is 26.7. The fourth-order valence-electron chi connectivity index (χ4n) is 9.30. The summed E-state index contributed by atoms with van der Waals surface area (Å²) in [5.41, 5.74) is 1.80. The number of likely N-dealkylation sites (tertiary alicyclic amines) is 2. The summed E-state index contributed by atoms with van der Waals surface area (Å²) in [5.74, 6) is -2.67. The van der Waals surface area contributed by atoms with Gasteiger partial charge in [0.25, 0.3) is 0 Å². The van der Waals surface area contributed by atoms with Gasteiger partial charge in [-0.15, -0.1) is 0 Å². The number of allylic oxidation sites excluding steroid dienone is 2. The minimum atomic E-state index is -0.556. The second kappa shape index (κ2) is 10.3. The van der Waals surface area contributed by atoms with Crippen LogP contribution in [0.3, 0.4) is 0 Å². The van der Waals surface area contributed by atoms with Crippen LogP contribution in [0.1, 0.15) is 88.5 Å². The van der Waals surface area contributed by atoms with Crippen molar-refractivity contribution in [1.82, 2.24) is 9.80 Å². The number of aromatic hydroxyl groups is 1. The van der Waals surface area contributed by atoms with Crippen molar-refractivity contribution in [3.05, 3.63) is 35.4 Å². The Kier molecular flexibility index (Phi) is 6.70. The van der Waals surface area contributed by atoms with Gasteiger partial charge in [0, 0.05) is 18.0 Å². The van der Waals surface area contributed by atoms with Gasteiger partial charge in [-0.05, 0) is 62.1 Å². The lowest BCUT2D eigenvalue weighted by molar-refractivity contribution is -0.145. The number of nitrogens with zero attached hydrogens (tertiary/aromatic N) is 2. The van der Waals surface area contributed by atoms with E-state index in [4.69, 9.17) is 4.74 Å². The highest BCUT2D eigenvalue weighted by Crippen LogP contribution is 2.59. The Morgan fingerprint density at radius 3 is 1.93 bits per heavy atom. The third-order valence-electron chi connectivity index (χ3n) is 11.2. The number of amides is 4. The molecule has 6 unspecified atom stereocenters. The molecule has 0 radical (unpaired) electrons. The quantitative estimate of drug-likeness (QED) is 0.423. The number of methoxy groups -OCH3 is 1. The highest BCUT2D eigenvalue weighted by atomic mass is 16.5. The lowest BCUT2D eigenvalue weighted by atomic mass is 9.57. The van der Waals surface area contributed by atoms with E-state index in [1.54, 1.807) is 21.9 Å². The number of ether oxygens (including phenoxy) is 1. The normalized spacial score (nSPS) is 34.4. The Hall–Kier alpha value is -3.16. The van der Waals surface area contributed by atoms with Crippen LogP contribution in [0.2, 0.25) is 0 Å². The first-order valence-corrected chi connectivity index (χ1v) is 15.7. The molecule has 2 aliphatic heterocycles. The number of rotatable bonds is 4. The van der Waals surface area contributed by atoms with Crippen LogP contribution in [-0.2, 0) is 19.2 Å². The van der Waals surface area contributed by atoms with E-state index in [0.29, 0.717) is 18.6 Å². The highest BCUT2D eigenvalue weighted by molar-refractivity contribution is 6.08. The third kappa shape index (κ3) is 4.07. The molecule has 41 heavy (non-hydrogen) atoms. The van der Waals surface area contributed by atoms with Gasteiger partial charge in [-0.25, -0.2) is 0 Å². The maximum atomic E-state index is 14.2. The molecule has 3 saturated carbocycles. The fourth-order valence-corrected chi connectivity index (χ4v) is 9.30. The van der Waals surface area contributed by atoms with Crippen molar-refractivity contribution in [2.45, 2.75) is 95.1 Å². The fraction of sp³-hybridized carbons (Fsp3) is 0.636. The smallest absolute Gasteiger partial charge is 0.234 e. The summed E-state index contributed by atoms with van der Waals surface area (Å²) in [6.45, 7) is 0. The molecule has 0 aromatic heterocycles. The molecule has 8 nitrogen and oxygen atoms in total. The second-order valence-corrected chi connectivity index (χ2v) is 13.1. The number of carbonyl (C=O) groups is 4. The van der Waals surface area contributed by atoms with Crippen LogP contribution in [0.15, 0.2) is 29.8 Å². The minimum Gasteiger partial charge on any atom is -0.504 e. The molecule has 5 fully saturated rings. The molecule has 2 saturated heterocycles. The Balaban J connectivity index is 1.30. The third-order valence-corrected chi connectivity index (χ3v) is 11.2. The number of fused-ring (bicyclic) bond motifs is 4. The van der Waals surface area contributed by atoms with E-state index >= 15 is 0 Å². The Morgan fingerprint density at radius 2 is 1.32 bits per heavy atom. The van der Waals surface area contributed by atoms with Gasteiger partial charge in [0.2, 0.25) is 23.6 Å². The van der Waals surface area contributed by atoms with E-state index < -0.39 is 29.6 Å². The zero-order valence-corrected chi connectivity index (χ0v) is 23.8. The van der Waals surface area contributed by atoms with Gasteiger partial charge >= 0.3 is 0 Å². The van der Waals surface area contributed by atoms with Crippen LogP contribution in [0.25, 0.3) is 0 Å². The van der Waals surface area contributed by atoms with Crippen molar-refractivity contribution in [1.29, 1.82) is 0 Å². The van der Waals surface area contributed by atoms with Crippen LogP contribution < -0.4 is 4.74 Å². The summed E-state index contributed by atoms with van der Waals surface area (Å²) in [5, 5.41) is 10.3. The zero-order valence-electron chi connectivity index (χ0n) is 23.8. The maximum absolute atomic E-state index is 14.2. The van der Waals surface area contributed by atoms with Crippen molar-refractivity contribution in [2.24, 2.45) is 29.6 Å². The van der Waals surface area contributed by atoms with Gasteiger partial charge in [-0.3, -0.25) is 29.0 Å². The average molecular weight is 561 g/mol. The average Bonchev–Trinajstić information content (AvgIpc) is 3.41. The van der Waals surface area contributed by atoms with Crippen LogP contribution in [0.5, 0.6) is 11.5 Å². The number of phenolic OH excluding ortho intramolecular Hbond substituents is 1. The van der Waals surface area contributed by atoms with Crippen LogP contribution in [0.4, 0.5) is 0 Å². The molecule has 1 N–H and O–H groups in total. The number of imide groups is 2. The molecule has 1 aromatic carbocycles. The molecule has 4 amide bonds. The number of carbonyl (C=O) groups excluding carboxylic acids is 4. The molecular weight excluding hydrogens is 520 g/mol. The van der Waals surface area contributed by atoms with E-state index in [-0.39, 0.29) is 47.4 Å². The molecule has 2 heterocycles. The van der Waals surface area contributed by atoms with E-state index in [2.05, 4.69) is 6.08 Å². The SMILES string of the molecule is COc1cc(C2C3=CCC4C(=O)N(C5CCCCC5)C(=O)C4C3CC3C(=O)N(C4CCCCC4)C(=O)C32)ccc1O. The largest absolute Gasteiger partial charge is 0.504 e. The Bertz CT molecular complexity index is 1310. The predicted molar refractivity (Wildman–Crippen MR) is 150 cm³/mol. The monoisotopic (exact) mass is 560 g/mol. The number of phenols is 1. The molecule has 8 heteroatoms. The maximum Gasteiger partial charge on any atom is 0.234 e. The van der Waals surface area contributed by atoms with Crippen LogP contribution >= 0.6 is 0 Å². The topological polar surface area (TPSA) is 104 Å². The zero-order chi connectivity index (χ0) is 28.4. The van der Waals surface area contributed by atoms with E-state index in [9.17, 15) is 24.3 Å². The molecular formula is C33H40N2O6. The summed E-state index contributed by atoms with van der Waals surface area (Å²) < 4.78 is 5.43. The summed E-state index contributed by atoms with van der Waals surface area (Å²) in [7, 11) is 1.49. The lowest BCUT2D eigenvalue weighted by Crippen LogP contribution is -2.44. The standard InChI is InChI=1S/C33H40N2O6/c1-41-26-16-18(12-15-25(26)36)27-21-13-14-22-28(32(39)34(30(22)37)19-8-4-2-5-9-19)23(21)17-24-29(27)33(40)35(31(24)38)20-10-6-3-7-11-20/h12-13,15-16,19-20,22-24,27-29,36H,2-11,14,17H2,1H3. The summed E-state index contributed by atoms with van der Waals surface area (Å²) in [4.78, 5) is 59.3. The Labute approximate surface area is 241 Å². The van der Waals surface area contributed by atoms with E-state index in [1.807, 2.05) is 6.07 Å². The van der Waals surface area contributed by atoms with E-state index in [1.165, 1.54) is 7.11 Å². The van der Waals surface area contributed by atoms with Crippen molar-refractivity contribution >= 4 is 23.6 Å². The van der Waals surface area contributed by atoms with Crippen LogP contribution in [0, 0.1) is 29.6 Å². The van der Waals surface area contributed by atoms with Crippen LogP contribution in [-0.4, -0.2) is 57.7 Å². The predicted octanol–water partition coefficient (Wildman–Crippen LogP) is 4.70. The first-order chi connectivity index (χ1) is 19.9. The van der Waals surface area contributed by atoms with Crippen molar-refractivity contribution in [3.8, 4) is 11.5 Å². The van der Waals surface area contributed by atoms with Crippen molar-refractivity contribution < 1.29 is 29.0 Å². The summed E-state index contributed by atoms with van der Waals surface area (Å²) in [6, 6.07) is 5.07. The van der Waals surface area contributed by atoms with Gasteiger partial charge in [0.1, 0.15) is 0 Å². The summed E-state index contributed by atoms with van der Waals surface area (Å²) >= 11 is 0. The van der Waals surface area contributed by atoms with Gasteiger partial charge in [-0.1, -0.05) is 56.2 Å². The molecule has 0 spiro atoms. The molecule has 4 aliphatic carbocycles. The molecule has 7 rings (SSSR count). The lowest BCUT2D eigenvalue weighted by Gasteiger charge is -2.44. The summed E-state index contributed by atoms with van der Waals surface area (Å²) in [6.07, 6.45) is 12.8. The molecule has 6 atom stereocenters. The second-order valence-electron chi connectivity index (χ2n) is 13.1. The Morgan fingerprint density at radius 1 is 0.732 bits per heavy atom. The minimum absolute atomic E-state index is 0.00944. The number of benzene rings is 1. The van der Waals surface area contributed by atoms with Gasteiger partial charge in [0.05, 0.1) is 30.8 Å². The van der Waals surface area contributed by atoms with Crippen molar-refractivity contribution in [2.75, 3.05) is 7.11 Å². The molecule has 0 bridgehead atoms. The molecule has 1 aromatic rings. The highest BCUT2D eigenvalue weighted by Gasteiger charge is 2.63. The molecule has 6 aliphatic rings. The van der Waals surface area contributed by atoms with Gasteiger partial charge < -0.3 is 9.84 Å².